The molecule has 3 rings (SSSR count). The standard InChI is InChI=1S/C18H19FN6O3/c1-12(9-24-13(2)7-17(22-24)25(27)28)18(26)21-15-8-20-23(11-15)10-14-5-3-4-6-16(14)19/h3-8,11-12H,9-10H2,1-2H3,(H,21,26). The summed E-state index contributed by atoms with van der Waals surface area (Å²) in [4.78, 5) is 22.6. The Hall–Kier alpha value is -3.56. The first-order valence-corrected chi connectivity index (χ1v) is 8.59. The van der Waals surface area contributed by atoms with Gasteiger partial charge in [0.2, 0.25) is 5.91 Å². The summed E-state index contributed by atoms with van der Waals surface area (Å²) in [5.74, 6) is -1.32. The van der Waals surface area contributed by atoms with Gasteiger partial charge in [0.1, 0.15) is 5.82 Å². The van der Waals surface area contributed by atoms with Gasteiger partial charge in [-0.15, -0.1) is 0 Å². The van der Waals surface area contributed by atoms with E-state index in [1.807, 2.05) is 0 Å². The summed E-state index contributed by atoms with van der Waals surface area (Å²) >= 11 is 0. The fourth-order valence-corrected chi connectivity index (χ4v) is 2.69. The van der Waals surface area contributed by atoms with Crippen LogP contribution in [0.4, 0.5) is 15.9 Å². The van der Waals surface area contributed by atoms with Gasteiger partial charge in [0.15, 0.2) is 0 Å². The van der Waals surface area contributed by atoms with Gasteiger partial charge in [0, 0.05) is 11.8 Å². The van der Waals surface area contributed by atoms with Gasteiger partial charge in [-0.2, -0.15) is 9.78 Å². The second kappa shape index (κ2) is 7.99. The third-order valence-corrected chi connectivity index (χ3v) is 4.24. The first-order valence-electron chi connectivity index (χ1n) is 8.59. The summed E-state index contributed by atoms with van der Waals surface area (Å²) in [6, 6.07) is 7.77. The highest BCUT2D eigenvalue weighted by atomic mass is 19.1. The van der Waals surface area contributed by atoms with Crippen LogP contribution in [0.5, 0.6) is 0 Å². The fourth-order valence-electron chi connectivity index (χ4n) is 2.69. The molecule has 0 bridgehead atoms. The lowest BCUT2D eigenvalue weighted by Gasteiger charge is -2.10. The van der Waals surface area contributed by atoms with Crippen molar-refractivity contribution in [2.45, 2.75) is 26.9 Å². The highest BCUT2D eigenvalue weighted by molar-refractivity contribution is 5.91. The number of halogens is 1. The number of rotatable bonds is 7. The number of nitro groups is 1. The molecule has 0 radical (unpaired) electrons. The van der Waals surface area contributed by atoms with E-state index in [4.69, 9.17) is 0 Å². The largest absolute Gasteiger partial charge is 0.390 e. The maximum atomic E-state index is 13.7. The molecule has 0 fully saturated rings. The third kappa shape index (κ3) is 4.40. The van der Waals surface area contributed by atoms with Crippen LogP contribution in [0.1, 0.15) is 18.2 Å². The number of nitrogens with one attached hydrogen (secondary N) is 1. The van der Waals surface area contributed by atoms with Gasteiger partial charge < -0.3 is 15.4 Å². The second-order valence-electron chi connectivity index (χ2n) is 6.49. The quantitative estimate of drug-likeness (QED) is 0.496. The maximum Gasteiger partial charge on any atom is 0.390 e. The number of amides is 1. The average Bonchev–Trinajstić information content (AvgIpc) is 3.24. The predicted octanol–water partition coefficient (Wildman–Crippen LogP) is 2.76. The second-order valence-corrected chi connectivity index (χ2v) is 6.49. The molecule has 0 aliphatic carbocycles. The lowest BCUT2D eigenvalue weighted by molar-refractivity contribution is -0.389. The van der Waals surface area contributed by atoms with Crippen LogP contribution in [0.25, 0.3) is 0 Å². The Bertz CT molecular complexity index is 1010. The molecule has 1 aromatic carbocycles. The monoisotopic (exact) mass is 386 g/mol. The van der Waals surface area contributed by atoms with Gasteiger partial charge in [-0.05, 0) is 17.9 Å². The van der Waals surface area contributed by atoms with Gasteiger partial charge in [0.05, 0.1) is 47.8 Å². The number of nitrogens with zero attached hydrogens (tertiary/aromatic N) is 5. The Morgan fingerprint density at radius 2 is 2.14 bits per heavy atom. The lowest BCUT2D eigenvalue weighted by Crippen LogP contribution is -2.25. The SMILES string of the molecule is Cc1cc([N+](=O)[O-])nn1CC(C)C(=O)Nc1cnn(Cc2ccccc2F)c1. The van der Waals surface area contributed by atoms with Crippen molar-refractivity contribution in [1.82, 2.24) is 19.6 Å². The Morgan fingerprint density at radius 3 is 2.82 bits per heavy atom. The van der Waals surface area contributed by atoms with Crippen molar-refractivity contribution >= 4 is 17.4 Å². The van der Waals surface area contributed by atoms with Crippen LogP contribution in [-0.2, 0) is 17.9 Å². The minimum atomic E-state index is -0.571. The molecule has 1 atom stereocenters. The summed E-state index contributed by atoms with van der Waals surface area (Å²) in [7, 11) is 0. The Kier molecular flexibility index (Phi) is 5.48. The zero-order chi connectivity index (χ0) is 20.3. The van der Waals surface area contributed by atoms with Crippen molar-refractivity contribution in [2.24, 2.45) is 5.92 Å². The number of carbonyl (C=O) groups excluding carboxylic acids is 1. The minimum absolute atomic E-state index is 0.203. The van der Waals surface area contributed by atoms with Crippen LogP contribution in [0, 0.1) is 28.8 Å². The molecule has 2 heterocycles. The van der Waals surface area contributed by atoms with E-state index in [9.17, 15) is 19.3 Å². The first-order chi connectivity index (χ1) is 13.3. The van der Waals surface area contributed by atoms with E-state index in [-0.39, 0.29) is 30.6 Å². The zero-order valence-corrected chi connectivity index (χ0v) is 15.4. The fraction of sp³-hybridized carbons (Fsp3) is 0.278. The van der Waals surface area contributed by atoms with Crippen LogP contribution in [-0.4, -0.2) is 30.4 Å². The molecule has 1 amide bonds. The Labute approximate surface area is 159 Å². The van der Waals surface area contributed by atoms with Crippen LogP contribution in [0.2, 0.25) is 0 Å². The van der Waals surface area contributed by atoms with E-state index in [1.165, 1.54) is 27.7 Å². The summed E-state index contributed by atoms with van der Waals surface area (Å²) in [5, 5.41) is 21.6. The molecule has 0 spiro atoms. The normalized spacial score (nSPS) is 12.0. The smallest absolute Gasteiger partial charge is 0.358 e. The van der Waals surface area contributed by atoms with Crippen molar-refractivity contribution in [3.63, 3.8) is 0 Å². The summed E-state index contributed by atoms with van der Waals surface area (Å²) in [6.45, 7) is 3.84. The number of hydrogen-bond acceptors (Lipinski definition) is 5. The number of anilines is 1. The van der Waals surface area contributed by atoms with Crippen molar-refractivity contribution in [2.75, 3.05) is 5.32 Å². The molecule has 0 saturated heterocycles. The van der Waals surface area contributed by atoms with Crippen molar-refractivity contribution < 1.29 is 14.1 Å². The van der Waals surface area contributed by atoms with E-state index in [2.05, 4.69) is 15.5 Å². The van der Waals surface area contributed by atoms with E-state index >= 15 is 0 Å². The van der Waals surface area contributed by atoms with Crippen LogP contribution >= 0.6 is 0 Å². The van der Waals surface area contributed by atoms with E-state index in [0.29, 0.717) is 16.9 Å². The molecule has 2 aromatic heterocycles. The average molecular weight is 386 g/mol. The third-order valence-electron chi connectivity index (χ3n) is 4.24. The molecule has 0 saturated carbocycles. The number of aryl methyl sites for hydroxylation is 1. The van der Waals surface area contributed by atoms with Gasteiger partial charge >= 0.3 is 5.82 Å². The molecule has 3 aromatic rings. The molecule has 1 unspecified atom stereocenters. The van der Waals surface area contributed by atoms with Gasteiger partial charge in [-0.3, -0.25) is 9.48 Å². The number of hydrogen-bond donors (Lipinski definition) is 1. The molecule has 0 aliphatic rings. The van der Waals surface area contributed by atoms with Crippen molar-refractivity contribution in [1.29, 1.82) is 0 Å². The number of aromatic nitrogens is 4. The molecular formula is C18H19FN6O3. The number of carbonyl (C=O) groups is 1. The molecule has 1 N–H and O–H groups in total. The first kappa shape index (κ1) is 19.2. The van der Waals surface area contributed by atoms with Crippen LogP contribution < -0.4 is 5.32 Å². The van der Waals surface area contributed by atoms with E-state index in [0.717, 1.165) is 0 Å². The number of benzene rings is 1. The van der Waals surface area contributed by atoms with Gasteiger partial charge in [-0.25, -0.2) is 4.39 Å². The minimum Gasteiger partial charge on any atom is -0.358 e. The lowest BCUT2D eigenvalue weighted by atomic mass is 10.1. The van der Waals surface area contributed by atoms with Crippen LogP contribution in [0.3, 0.4) is 0 Å². The van der Waals surface area contributed by atoms with Crippen molar-refractivity contribution in [3.05, 3.63) is 69.9 Å². The maximum absolute atomic E-state index is 13.7. The highest BCUT2D eigenvalue weighted by Gasteiger charge is 2.21. The summed E-state index contributed by atoms with van der Waals surface area (Å²) in [6.07, 6.45) is 3.09. The van der Waals surface area contributed by atoms with Gasteiger partial charge in [-0.1, -0.05) is 25.1 Å². The van der Waals surface area contributed by atoms with Crippen LogP contribution in [0.15, 0.2) is 42.7 Å². The highest BCUT2D eigenvalue weighted by Crippen LogP contribution is 2.15. The van der Waals surface area contributed by atoms with E-state index in [1.54, 1.807) is 38.2 Å². The molecule has 146 valence electrons. The molecule has 0 aliphatic heterocycles. The topological polar surface area (TPSA) is 108 Å². The summed E-state index contributed by atoms with van der Waals surface area (Å²) in [5.41, 5.74) is 1.58. The molecule has 9 nitrogen and oxygen atoms in total. The van der Waals surface area contributed by atoms with Gasteiger partial charge in [0.25, 0.3) is 0 Å². The van der Waals surface area contributed by atoms with Crippen molar-refractivity contribution in [3.8, 4) is 0 Å². The summed E-state index contributed by atoms with van der Waals surface area (Å²) < 4.78 is 16.7. The molecule has 28 heavy (non-hydrogen) atoms. The zero-order valence-electron chi connectivity index (χ0n) is 15.4. The Morgan fingerprint density at radius 1 is 1.39 bits per heavy atom. The predicted molar refractivity (Wildman–Crippen MR) is 99.1 cm³/mol. The Balaban J connectivity index is 1.61. The molecular weight excluding hydrogens is 367 g/mol. The molecule has 10 heteroatoms. The van der Waals surface area contributed by atoms with E-state index < -0.39 is 10.8 Å².